The Morgan fingerprint density at radius 3 is 2.49 bits per heavy atom. The predicted octanol–water partition coefficient (Wildman–Crippen LogP) is 7.13. The Kier molecular flexibility index (Phi) is 9.62. The zero-order valence-electron chi connectivity index (χ0n) is 21.3. The van der Waals surface area contributed by atoms with Crippen LogP contribution in [0.3, 0.4) is 0 Å². The molecule has 1 aromatic heterocycles. The molecule has 198 valence electrons. The Hall–Kier alpha value is -1.83. The lowest BCUT2D eigenvalue weighted by Crippen LogP contribution is -2.42. The summed E-state index contributed by atoms with van der Waals surface area (Å²) >= 11 is 13.9. The first kappa shape index (κ1) is 26.8. The van der Waals surface area contributed by atoms with Gasteiger partial charge in [-0.05, 0) is 100 Å². The van der Waals surface area contributed by atoms with Crippen LogP contribution in [0.15, 0.2) is 47.8 Å². The lowest BCUT2D eigenvalue weighted by atomic mass is 10.0. The molecule has 2 saturated heterocycles. The maximum Gasteiger partial charge on any atom is 0.185 e. The minimum atomic E-state index is 0.607. The Labute approximate surface area is 234 Å². The van der Waals surface area contributed by atoms with Crippen molar-refractivity contribution < 1.29 is 4.74 Å². The van der Waals surface area contributed by atoms with E-state index < -0.39 is 0 Å². The molecule has 2 fully saturated rings. The van der Waals surface area contributed by atoms with Crippen LogP contribution in [0.25, 0.3) is 11.3 Å². The third kappa shape index (κ3) is 7.61. The second-order valence-electron chi connectivity index (χ2n) is 10.0. The molecule has 3 heterocycles. The summed E-state index contributed by atoms with van der Waals surface area (Å²) in [5.74, 6) is 0.932. The van der Waals surface area contributed by atoms with E-state index in [2.05, 4.69) is 50.8 Å². The number of benzene rings is 2. The Balaban J connectivity index is 0.943. The lowest BCUT2D eigenvalue weighted by molar-refractivity contribution is 0.190. The monoisotopic (exact) mass is 558 g/mol. The van der Waals surface area contributed by atoms with Crippen LogP contribution < -0.4 is 15.0 Å². The van der Waals surface area contributed by atoms with E-state index in [1.54, 1.807) is 11.3 Å². The van der Waals surface area contributed by atoms with Crippen LogP contribution in [0.1, 0.15) is 44.1 Å². The van der Waals surface area contributed by atoms with Crippen molar-refractivity contribution in [3.05, 3.63) is 63.5 Å². The van der Waals surface area contributed by atoms with Crippen molar-refractivity contribution in [2.75, 3.05) is 44.2 Å². The molecule has 0 atom stereocenters. The van der Waals surface area contributed by atoms with Gasteiger partial charge in [0.2, 0.25) is 0 Å². The van der Waals surface area contributed by atoms with Gasteiger partial charge in [-0.1, -0.05) is 29.3 Å². The van der Waals surface area contributed by atoms with Gasteiger partial charge in [0.25, 0.3) is 0 Å². The fourth-order valence-electron chi connectivity index (χ4n) is 5.09. The molecule has 0 unspecified atom stereocenters. The SMILES string of the molecule is Clc1ccc(CN2CCC(NCCCCOc3ccc(-c4csc(N5CCCC5)n4)cc3)CC2)cc1Cl. The number of nitrogens with one attached hydrogen (secondary N) is 1. The number of nitrogens with zero attached hydrogens (tertiary/aromatic N) is 3. The molecule has 1 N–H and O–H groups in total. The van der Waals surface area contributed by atoms with E-state index in [-0.39, 0.29) is 0 Å². The van der Waals surface area contributed by atoms with Crippen molar-refractivity contribution in [1.82, 2.24) is 15.2 Å². The summed E-state index contributed by atoms with van der Waals surface area (Å²) in [6, 6.07) is 14.9. The summed E-state index contributed by atoms with van der Waals surface area (Å²) in [5.41, 5.74) is 3.44. The van der Waals surface area contributed by atoms with Gasteiger partial charge >= 0.3 is 0 Å². The van der Waals surface area contributed by atoms with Crippen LogP contribution in [0, 0.1) is 0 Å². The quantitative estimate of drug-likeness (QED) is 0.253. The van der Waals surface area contributed by atoms with Crippen molar-refractivity contribution in [1.29, 1.82) is 0 Å². The van der Waals surface area contributed by atoms with Gasteiger partial charge in [0.15, 0.2) is 5.13 Å². The van der Waals surface area contributed by atoms with Crippen LogP contribution in [0.5, 0.6) is 5.75 Å². The predicted molar refractivity (Wildman–Crippen MR) is 156 cm³/mol. The highest BCUT2D eigenvalue weighted by atomic mass is 35.5. The molecule has 0 radical (unpaired) electrons. The third-order valence-electron chi connectivity index (χ3n) is 7.27. The normalized spacial score (nSPS) is 17.0. The Morgan fingerprint density at radius 1 is 0.946 bits per heavy atom. The number of anilines is 1. The number of ether oxygens (including phenoxy) is 1. The van der Waals surface area contributed by atoms with Crippen LogP contribution in [-0.2, 0) is 6.54 Å². The van der Waals surface area contributed by atoms with E-state index in [1.165, 1.54) is 31.2 Å². The minimum Gasteiger partial charge on any atom is -0.494 e. The standard InChI is InChI=1S/C29H36Cl2N4OS/c30-26-10-5-22(19-27(26)31)20-34-16-11-24(12-17-34)32-13-1-4-18-36-25-8-6-23(7-9-25)28-21-37-29(33-28)35-14-2-3-15-35/h5-10,19,21,24,32H,1-4,11-18,20H2. The molecule has 2 aliphatic heterocycles. The summed E-state index contributed by atoms with van der Waals surface area (Å²) in [5, 5.41) is 8.31. The van der Waals surface area contributed by atoms with Crippen molar-refractivity contribution in [3.8, 4) is 17.0 Å². The van der Waals surface area contributed by atoms with Gasteiger partial charge < -0.3 is 15.0 Å². The molecular formula is C29H36Cl2N4OS. The molecular weight excluding hydrogens is 523 g/mol. The first-order valence-corrected chi connectivity index (χ1v) is 15.1. The van der Waals surface area contributed by atoms with E-state index in [0.29, 0.717) is 16.1 Å². The number of halogens is 2. The van der Waals surface area contributed by atoms with Gasteiger partial charge in [-0.2, -0.15) is 0 Å². The largest absolute Gasteiger partial charge is 0.494 e. The lowest BCUT2D eigenvalue weighted by Gasteiger charge is -2.32. The number of hydrogen-bond donors (Lipinski definition) is 1. The fraction of sp³-hybridized carbons (Fsp3) is 0.483. The topological polar surface area (TPSA) is 40.6 Å². The molecule has 5 nitrogen and oxygen atoms in total. The number of piperidine rings is 1. The van der Waals surface area contributed by atoms with Crippen molar-refractivity contribution in [2.45, 2.75) is 51.1 Å². The van der Waals surface area contributed by atoms with Gasteiger partial charge in [-0.15, -0.1) is 11.3 Å². The summed E-state index contributed by atoms with van der Waals surface area (Å²) in [6.45, 7) is 7.22. The minimum absolute atomic E-state index is 0.607. The van der Waals surface area contributed by atoms with Crippen molar-refractivity contribution >= 4 is 39.7 Å². The van der Waals surface area contributed by atoms with Crippen molar-refractivity contribution in [2.24, 2.45) is 0 Å². The molecule has 0 bridgehead atoms. The van der Waals surface area contributed by atoms with Crippen LogP contribution in [0.4, 0.5) is 5.13 Å². The summed E-state index contributed by atoms with van der Waals surface area (Å²) in [4.78, 5) is 9.73. The highest BCUT2D eigenvalue weighted by molar-refractivity contribution is 7.14. The number of aromatic nitrogens is 1. The Morgan fingerprint density at radius 2 is 1.73 bits per heavy atom. The van der Waals surface area contributed by atoms with Gasteiger partial charge in [0, 0.05) is 36.6 Å². The summed E-state index contributed by atoms with van der Waals surface area (Å²) < 4.78 is 5.98. The van der Waals surface area contributed by atoms with E-state index in [0.717, 1.165) is 80.9 Å². The van der Waals surface area contributed by atoms with Gasteiger partial charge in [0.1, 0.15) is 5.75 Å². The van der Waals surface area contributed by atoms with Gasteiger partial charge in [0.05, 0.1) is 22.3 Å². The number of rotatable bonds is 11. The molecule has 0 amide bonds. The van der Waals surface area contributed by atoms with Crippen LogP contribution >= 0.6 is 34.5 Å². The summed E-state index contributed by atoms with van der Waals surface area (Å²) in [7, 11) is 0. The maximum absolute atomic E-state index is 6.16. The number of hydrogen-bond acceptors (Lipinski definition) is 6. The zero-order chi connectivity index (χ0) is 25.5. The average molecular weight is 560 g/mol. The first-order valence-electron chi connectivity index (χ1n) is 13.5. The smallest absolute Gasteiger partial charge is 0.185 e. The highest BCUT2D eigenvalue weighted by Gasteiger charge is 2.19. The summed E-state index contributed by atoms with van der Waals surface area (Å²) in [6.07, 6.45) is 7.10. The first-order chi connectivity index (χ1) is 18.1. The van der Waals surface area contributed by atoms with Gasteiger partial charge in [-0.3, -0.25) is 4.90 Å². The van der Waals surface area contributed by atoms with E-state index in [9.17, 15) is 0 Å². The van der Waals surface area contributed by atoms with Crippen LogP contribution in [0.2, 0.25) is 10.0 Å². The molecule has 2 aliphatic rings. The molecule has 8 heteroatoms. The molecule has 5 rings (SSSR count). The number of unbranched alkanes of at least 4 members (excludes halogenated alkanes) is 1. The average Bonchev–Trinajstić information content (AvgIpc) is 3.62. The molecule has 0 aliphatic carbocycles. The molecule has 2 aromatic carbocycles. The van der Waals surface area contributed by atoms with Gasteiger partial charge in [-0.25, -0.2) is 4.98 Å². The van der Waals surface area contributed by atoms with E-state index in [4.69, 9.17) is 32.9 Å². The maximum atomic E-state index is 6.16. The number of thiazole rings is 1. The Bertz CT molecular complexity index is 1130. The molecule has 37 heavy (non-hydrogen) atoms. The highest BCUT2D eigenvalue weighted by Crippen LogP contribution is 2.30. The molecule has 0 spiro atoms. The number of likely N-dealkylation sites (tertiary alicyclic amines) is 1. The third-order valence-corrected chi connectivity index (χ3v) is 8.91. The van der Waals surface area contributed by atoms with E-state index >= 15 is 0 Å². The second-order valence-corrected chi connectivity index (χ2v) is 11.7. The zero-order valence-corrected chi connectivity index (χ0v) is 23.6. The second kappa shape index (κ2) is 13.3. The van der Waals surface area contributed by atoms with Crippen LogP contribution in [-0.4, -0.2) is 55.3 Å². The molecule has 3 aromatic rings. The molecule has 0 saturated carbocycles. The van der Waals surface area contributed by atoms with E-state index in [1.807, 2.05) is 12.1 Å². The van der Waals surface area contributed by atoms with Crippen molar-refractivity contribution in [3.63, 3.8) is 0 Å². The fourth-order valence-corrected chi connectivity index (χ4v) is 6.30.